The molecule has 0 radical (unpaired) electrons. The molecular formula is C17H15BrN4O2S. The Kier molecular flexibility index (Phi) is 5.30. The van der Waals surface area contributed by atoms with Crippen molar-refractivity contribution in [3.05, 3.63) is 52.5 Å². The molecule has 6 nitrogen and oxygen atoms in total. The second-order valence-corrected chi connectivity index (χ2v) is 7.24. The molecule has 128 valence electrons. The van der Waals surface area contributed by atoms with E-state index in [2.05, 4.69) is 36.8 Å². The number of anilines is 1. The van der Waals surface area contributed by atoms with Crippen molar-refractivity contribution in [1.29, 1.82) is 0 Å². The fourth-order valence-electron chi connectivity index (χ4n) is 2.08. The van der Waals surface area contributed by atoms with Gasteiger partial charge in [-0.2, -0.15) is 5.10 Å². The fourth-order valence-corrected chi connectivity index (χ4v) is 3.41. The zero-order valence-electron chi connectivity index (χ0n) is 13.2. The van der Waals surface area contributed by atoms with Crippen LogP contribution in [0.25, 0.3) is 10.2 Å². The van der Waals surface area contributed by atoms with Crippen LogP contribution in [0.15, 0.2) is 52.0 Å². The number of nitrogens with one attached hydrogen (secondary N) is 2. The summed E-state index contributed by atoms with van der Waals surface area (Å²) in [5, 5.41) is 17.4. The number of fused-ring (bicyclic) bond motifs is 1. The smallest absolute Gasteiger partial charge is 0.262 e. The molecule has 0 saturated heterocycles. The van der Waals surface area contributed by atoms with Crippen LogP contribution in [0.3, 0.4) is 0 Å². The number of hydrogen-bond acceptors (Lipinski definition) is 6. The third-order valence-corrected chi connectivity index (χ3v) is 4.86. The largest absolute Gasteiger partial charge is 0.507 e. The fraction of sp³-hybridized carbons (Fsp3) is 0.118. The SMILES string of the molecule is CC(Nc1nc2ccccc2s1)C(=O)NN=Cc1cc(Br)ccc1O. The minimum atomic E-state index is -0.506. The molecule has 25 heavy (non-hydrogen) atoms. The summed E-state index contributed by atoms with van der Waals surface area (Å²) in [6, 6.07) is 12.2. The normalized spacial score (nSPS) is 12.4. The van der Waals surface area contributed by atoms with Gasteiger partial charge in [0.2, 0.25) is 0 Å². The molecule has 0 aliphatic carbocycles. The second kappa shape index (κ2) is 7.62. The number of phenols is 1. The van der Waals surface area contributed by atoms with E-state index in [0.717, 1.165) is 14.7 Å². The van der Waals surface area contributed by atoms with Crippen LogP contribution in [0.2, 0.25) is 0 Å². The predicted molar refractivity (Wildman–Crippen MR) is 104 cm³/mol. The minimum Gasteiger partial charge on any atom is -0.507 e. The molecule has 2 aromatic carbocycles. The van der Waals surface area contributed by atoms with E-state index in [1.54, 1.807) is 25.1 Å². The van der Waals surface area contributed by atoms with Gasteiger partial charge in [0.15, 0.2) is 5.13 Å². The molecular weight excluding hydrogens is 404 g/mol. The van der Waals surface area contributed by atoms with E-state index >= 15 is 0 Å². The van der Waals surface area contributed by atoms with Crippen molar-refractivity contribution in [2.24, 2.45) is 5.10 Å². The highest BCUT2D eigenvalue weighted by Gasteiger charge is 2.14. The van der Waals surface area contributed by atoms with Crippen molar-refractivity contribution in [3.63, 3.8) is 0 Å². The Balaban J connectivity index is 1.60. The average Bonchev–Trinajstić information content (AvgIpc) is 3.00. The summed E-state index contributed by atoms with van der Waals surface area (Å²) in [6.07, 6.45) is 1.39. The van der Waals surface area contributed by atoms with Crippen molar-refractivity contribution >= 4 is 54.7 Å². The molecule has 3 rings (SSSR count). The lowest BCUT2D eigenvalue weighted by molar-refractivity contribution is -0.121. The number of amides is 1. The van der Waals surface area contributed by atoms with Crippen LogP contribution in [0.1, 0.15) is 12.5 Å². The molecule has 3 aromatic rings. The first kappa shape index (κ1) is 17.4. The summed E-state index contributed by atoms with van der Waals surface area (Å²) in [5.41, 5.74) is 3.85. The lowest BCUT2D eigenvalue weighted by Gasteiger charge is -2.10. The Labute approximate surface area is 156 Å². The molecule has 3 N–H and O–H groups in total. The first-order valence-electron chi connectivity index (χ1n) is 7.46. The molecule has 0 fully saturated rings. The summed E-state index contributed by atoms with van der Waals surface area (Å²) in [5.74, 6) is -0.216. The van der Waals surface area contributed by atoms with Gasteiger partial charge in [-0.25, -0.2) is 10.4 Å². The number of hydrogen-bond donors (Lipinski definition) is 3. The molecule has 1 atom stereocenters. The van der Waals surface area contributed by atoms with Gasteiger partial charge in [-0.3, -0.25) is 4.79 Å². The quantitative estimate of drug-likeness (QED) is 0.435. The number of carbonyl (C=O) groups is 1. The number of halogens is 1. The molecule has 1 aromatic heterocycles. The number of aromatic nitrogens is 1. The van der Waals surface area contributed by atoms with Crippen LogP contribution in [0.4, 0.5) is 5.13 Å². The Hall–Kier alpha value is -2.45. The zero-order valence-corrected chi connectivity index (χ0v) is 15.6. The standard InChI is InChI=1S/C17H15BrN4O2S/c1-10(20-17-21-13-4-2-3-5-15(13)25-17)16(24)22-19-9-11-8-12(18)6-7-14(11)23/h2-10,23H,1H3,(H,20,21)(H,22,24). The number of rotatable bonds is 5. The summed E-state index contributed by atoms with van der Waals surface area (Å²) in [6.45, 7) is 1.73. The third kappa shape index (κ3) is 4.34. The van der Waals surface area contributed by atoms with E-state index < -0.39 is 6.04 Å². The van der Waals surface area contributed by atoms with E-state index in [4.69, 9.17) is 0 Å². The highest BCUT2D eigenvalue weighted by atomic mass is 79.9. The lowest BCUT2D eigenvalue weighted by Crippen LogP contribution is -2.34. The highest BCUT2D eigenvalue weighted by Crippen LogP contribution is 2.25. The zero-order chi connectivity index (χ0) is 17.8. The number of aromatic hydroxyl groups is 1. The molecule has 1 heterocycles. The average molecular weight is 419 g/mol. The number of hydrazone groups is 1. The van der Waals surface area contributed by atoms with Gasteiger partial charge >= 0.3 is 0 Å². The molecule has 8 heteroatoms. The Morgan fingerprint density at radius 2 is 2.16 bits per heavy atom. The molecule has 0 bridgehead atoms. The van der Waals surface area contributed by atoms with E-state index in [1.807, 2.05) is 24.3 Å². The Morgan fingerprint density at radius 1 is 1.36 bits per heavy atom. The molecule has 0 saturated carbocycles. The summed E-state index contributed by atoms with van der Waals surface area (Å²) < 4.78 is 1.87. The molecule has 0 spiro atoms. The van der Waals surface area contributed by atoms with Crippen LogP contribution in [-0.4, -0.2) is 28.3 Å². The minimum absolute atomic E-state index is 0.0850. The maximum atomic E-state index is 12.1. The second-order valence-electron chi connectivity index (χ2n) is 5.29. The summed E-state index contributed by atoms with van der Waals surface area (Å²) in [7, 11) is 0. The van der Waals surface area contributed by atoms with Gasteiger partial charge in [0, 0.05) is 10.0 Å². The lowest BCUT2D eigenvalue weighted by atomic mass is 10.2. The van der Waals surface area contributed by atoms with Crippen molar-refractivity contribution < 1.29 is 9.90 Å². The van der Waals surface area contributed by atoms with Gasteiger partial charge < -0.3 is 10.4 Å². The van der Waals surface area contributed by atoms with Gasteiger partial charge in [0.25, 0.3) is 5.91 Å². The van der Waals surface area contributed by atoms with E-state index in [1.165, 1.54) is 17.6 Å². The van der Waals surface area contributed by atoms with E-state index in [0.29, 0.717) is 10.7 Å². The first-order valence-corrected chi connectivity index (χ1v) is 9.07. The Morgan fingerprint density at radius 3 is 2.96 bits per heavy atom. The van der Waals surface area contributed by atoms with Gasteiger partial charge in [-0.15, -0.1) is 0 Å². The molecule has 1 unspecified atom stereocenters. The van der Waals surface area contributed by atoms with Crippen molar-refractivity contribution in [1.82, 2.24) is 10.4 Å². The van der Waals surface area contributed by atoms with Gasteiger partial charge in [0.1, 0.15) is 11.8 Å². The van der Waals surface area contributed by atoms with E-state index in [9.17, 15) is 9.90 Å². The predicted octanol–water partition coefficient (Wildman–Crippen LogP) is 3.72. The number of nitrogens with zero attached hydrogens (tertiary/aromatic N) is 2. The summed E-state index contributed by atoms with van der Waals surface area (Å²) >= 11 is 4.80. The number of benzene rings is 2. The number of thiazole rings is 1. The van der Waals surface area contributed by atoms with Gasteiger partial charge in [0.05, 0.1) is 16.4 Å². The molecule has 0 aliphatic heterocycles. The maximum Gasteiger partial charge on any atom is 0.262 e. The van der Waals surface area contributed by atoms with Crippen molar-refractivity contribution in [2.75, 3.05) is 5.32 Å². The number of para-hydroxylation sites is 1. The first-order chi connectivity index (χ1) is 12.0. The van der Waals surface area contributed by atoms with Crippen LogP contribution in [0, 0.1) is 0 Å². The van der Waals surface area contributed by atoms with Gasteiger partial charge in [-0.1, -0.05) is 39.4 Å². The summed E-state index contributed by atoms with van der Waals surface area (Å²) in [4.78, 5) is 16.6. The van der Waals surface area contributed by atoms with Crippen LogP contribution >= 0.6 is 27.3 Å². The maximum absolute atomic E-state index is 12.1. The highest BCUT2D eigenvalue weighted by molar-refractivity contribution is 9.10. The molecule has 1 amide bonds. The van der Waals surface area contributed by atoms with Gasteiger partial charge in [-0.05, 0) is 37.3 Å². The van der Waals surface area contributed by atoms with E-state index in [-0.39, 0.29) is 11.7 Å². The number of carbonyl (C=O) groups excluding carboxylic acids is 1. The van der Waals surface area contributed by atoms with Crippen molar-refractivity contribution in [3.8, 4) is 5.75 Å². The topological polar surface area (TPSA) is 86.6 Å². The van der Waals surface area contributed by atoms with Crippen LogP contribution in [0.5, 0.6) is 5.75 Å². The van der Waals surface area contributed by atoms with Crippen LogP contribution in [-0.2, 0) is 4.79 Å². The molecule has 0 aliphatic rings. The Bertz CT molecular complexity index is 908. The number of phenolic OH excluding ortho intramolecular Hbond substituents is 1. The third-order valence-electron chi connectivity index (χ3n) is 3.40. The monoisotopic (exact) mass is 418 g/mol. The van der Waals surface area contributed by atoms with Crippen LogP contribution < -0.4 is 10.7 Å². The van der Waals surface area contributed by atoms with Crippen molar-refractivity contribution in [2.45, 2.75) is 13.0 Å².